The SMILES string of the molecule is O=C(CN(CCN1CCOCC1)C(=O)c1cc(Cl)cc(Cl)c1)N(Cc1ccccc1)Cc1ccco1. The van der Waals surface area contributed by atoms with E-state index in [0.717, 1.165) is 18.7 Å². The van der Waals surface area contributed by atoms with Crippen LogP contribution in [0.1, 0.15) is 21.7 Å². The molecule has 1 fully saturated rings. The summed E-state index contributed by atoms with van der Waals surface area (Å²) in [5.41, 5.74) is 1.34. The first-order valence-corrected chi connectivity index (χ1v) is 12.6. The van der Waals surface area contributed by atoms with Crippen molar-refractivity contribution >= 4 is 35.0 Å². The highest BCUT2D eigenvalue weighted by molar-refractivity contribution is 6.35. The van der Waals surface area contributed by atoms with E-state index in [1.54, 1.807) is 40.3 Å². The van der Waals surface area contributed by atoms with Gasteiger partial charge in [-0.2, -0.15) is 0 Å². The van der Waals surface area contributed by atoms with Crippen LogP contribution in [0.25, 0.3) is 0 Å². The van der Waals surface area contributed by atoms with E-state index in [0.29, 0.717) is 60.8 Å². The van der Waals surface area contributed by atoms with E-state index >= 15 is 0 Å². The lowest BCUT2D eigenvalue weighted by Gasteiger charge is -2.31. The standard InChI is InChI=1S/C27H29Cl2N3O4/c28-23-15-22(16-24(29)17-23)27(34)31(9-8-30-10-13-35-14-11-30)20-26(33)32(19-25-7-4-12-36-25)18-21-5-2-1-3-6-21/h1-7,12,15-17H,8-11,13-14,18-20H2. The van der Waals surface area contributed by atoms with Gasteiger partial charge in [0.15, 0.2) is 0 Å². The van der Waals surface area contributed by atoms with Crippen molar-refractivity contribution in [1.29, 1.82) is 0 Å². The summed E-state index contributed by atoms with van der Waals surface area (Å²) in [6, 6.07) is 18.1. The smallest absolute Gasteiger partial charge is 0.254 e. The highest BCUT2D eigenvalue weighted by Gasteiger charge is 2.25. The topological polar surface area (TPSA) is 66.2 Å². The van der Waals surface area contributed by atoms with Crippen molar-refractivity contribution in [3.8, 4) is 0 Å². The van der Waals surface area contributed by atoms with Crippen LogP contribution < -0.4 is 0 Å². The molecule has 0 saturated carbocycles. The predicted molar refractivity (Wildman–Crippen MR) is 139 cm³/mol. The number of hydrogen-bond acceptors (Lipinski definition) is 5. The number of ether oxygens (including phenoxy) is 1. The number of carbonyl (C=O) groups excluding carboxylic acids is 2. The first kappa shape index (κ1) is 26.2. The van der Waals surface area contributed by atoms with E-state index in [2.05, 4.69) is 4.90 Å². The zero-order valence-corrected chi connectivity index (χ0v) is 21.5. The van der Waals surface area contributed by atoms with E-state index < -0.39 is 0 Å². The van der Waals surface area contributed by atoms with Gasteiger partial charge in [-0.3, -0.25) is 14.5 Å². The van der Waals surface area contributed by atoms with E-state index in [1.807, 2.05) is 36.4 Å². The van der Waals surface area contributed by atoms with Crippen LogP contribution >= 0.6 is 23.2 Å². The summed E-state index contributed by atoms with van der Waals surface area (Å²) in [5.74, 6) is 0.199. The summed E-state index contributed by atoms with van der Waals surface area (Å²) >= 11 is 12.3. The molecule has 190 valence electrons. The second-order valence-corrected chi connectivity index (χ2v) is 9.53. The van der Waals surface area contributed by atoms with Crippen LogP contribution in [0.2, 0.25) is 10.0 Å². The second-order valence-electron chi connectivity index (χ2n) is 8.65. The third kappa shape index (κ3) is 7.58. The molecule has 0 spiro atoms. The molecular formula is C27H29Cl2N3O4. The maximum absolute atomic E-state index is 13.6. The Morgan fingerprint density at radius 2 is 1.61 bits per heavy atom. The van der Waals surface area contributed by atoms with Gasteiger partial charge in [-0.1, -0.05) is 53.5 Å². The summed E-state index contributed by atoms with van der Waals surface area (Å²) in [4.78, 5) is 32.6. The van der Waals surface area contributed by atoms with Gasteiger partial charge in [0.2, 0.25) is 5.91 Å². The molecule has 36 heavy (non-hydrogen) atoms. The molecule has 7 nitrogen and oxygen atoms in total. The van der Waals surface area contributed by atoms with Crippen molar-refractivity contribution in [2.75, 3.05) is 45.9 Å². The van der Waals surface area contributed by atoms with Gasteiger partial charge in [-0.05, 0) is 35.9 Å². The fourth-order valence-corrected chi connectivity index (χ4v) is 4.62. The Balaban J connectivity index is 1.53. The molecule has 4 rings (SSSR count). The number of morpholine rings is 1. The molecule has 0 N–H and O–H groups in total. The number of nitrogens with zero attached hydrogens (tertiary/aromatic N) is 3. The second kappa shape index (κ2) is 12.9. The lowest BCUT2D eigenvalue weighted by atomic mass is 10.2. The average molecular weight is 530 g/mol. The van der Waals surface area contributed by atoms with Gasteiger partial charge in [-0.15, -0.1) is 0 Å². The number of rotatable bonds is 10. The summed E-state index contributed by atoms with van der Waals surface area (Å²) < 4.78 is 10.9. The zero-order valence-electron chi connectivity index (χ0n) is 19.9. The van der Waals surface area contributed by atoms with E-state index in [4.69, 9.17) is 32.4 Å². The molecular weight excluding hydrogens is 501 g/mol. The van der Waals surface area contributed by atoms with Crippen LogP contribution in [-0.4, -0.2) is 72.5 Å². The molecule has 1 saturated heterocycles. The molecule has 0 unspecified atom stereocenters. The van der Waals surface area contributed by atoms with Crippen molar-refractivity contribution in [2.45, 2.75) is 13.1 Å². The van der Waals surface area contributed by atoms with Gasteiger partial charge >= 0.3 is 0 Å². The van der Waals surface area contributed by atoms with Crippen molar-refractivity contribution in [3.63, 3.8) is 0 Å². The molecule has 0 radical (unpaired) electrons. The molecule has 1 aromatic heterocycles. The Bertz CT molecular complexity index is 1110. The van der Waals surface area contributed by atoms with Crippen LogP contribution in [0, 0.1) is 0 Å². The molecule has 2 heterocycles. The van der Waals surface area contributed by atoms with Gasteiger partial charge in [0.1, 0.15) is 12.3 Å². The van der Waals surface area contributed by atoms with E-state index in [9.17, 15) is 9.59 Å². The maximum atomic E-state index is 13.6. The lowest BCUT2D eigenvalue weighted by molar-refractivity contribution is -0.133. The number of hydrogen-bond donors (Lipinski definition) is 0. The van der Waals surface area contributed by atoms with Crippen LogP contribution in [0.15, 0.2) is 71.3 Å². The Hall–Kier alpha value is -2.84. The third-order valence-corrected chi connectivity index (χ3v) is 6.44. The average Bonchev–Trinajstić information content (AvgIpc) is 3.39. The predicted octanol–water partition coefficient (Wildman–Crippen LogP) is 4.59. The lowest BCUT2D eigenvalue weighted by Crippen LogP contribution is -2.47. The summed E-state index contributed by atoms with van der Waals surface area (Å²) in [6.07, 6.45) is 1.58. The minimum atomic E-state index is -0.293. The number of amides is 2. The maximum Gasteiger partial charge on any atom is 0.254 e. The van der Waals surface area contributed by atoms with Crippen molar-refractivity contribution in [1.82, 2.24) is 14.7 Å². The number of furan rings is 1. The summed E-state index contributed by atoms with van der Waals surface area (Å²) in [7, 11) is 0. The monoisotopic (exact) mass is 529 g/mol. The summed E-state index contributed by atoms with van der Waals surface area (Å²) in [6.45, 7) is 4.53. The van der Waals surface area contributed by atoms with Crippen LogP contribution in [0.4, 0.5) is 0 Å². The molecule has 1 aliphatic rings. The molecule has 2 amide bonds. The molecule has 0 bridgehead atoms. The zero-order chi connectivity index (χ0) is 25.3. The van der Waals surface area contributed by atoms with Gasteiger partial charge in [0.25, 0.3) is 5.91 Å². The normalized spacial score (nSPS) is 13.9. The fraction of sp³-hybridized carbons (Fsp3) is 0.333. The first-order valence-electron chi connectivity index (χ1n) is 11.9. The minimum Gasteiger partial charge on any atom is -0.467 e. The third-order valence-electron chi connectivity index (χ3n) is 6.01. The Kier molecular flexibility index (Phi) is 9.41. The molecule has 0 atom stereocenters. The minimum absolute atomic E-state index is 0.0825. The van der Waals surface area contributed by atoms with Gasteiger partial charge < -0.3 is 19.0 Å². The van der Waals surface area contributed by atoms with Gasteiger partial charge in [-0.25, -0.2) is 0 Å². The van der Waals surface area contributed by atoms with E-state index in [1.165, 1.54) is 0 Å². The van der Waals surface area contributed by atoms with Gasteiger partial charge in [0, 0.05) is 48.3 Å². The summed E-state index contributed by atoms with van der Waals surface area (Å²) in [5, 5.41) is 0.739. The molecule has 1 aliphatic heterocycles. The Morgan fingerprint density at radius 3 is 2.28 bits per heavy atom. The number of benzene rings is 2. The largest absolute Gasteiger partial charge is 0.467 e. The van der Waals surface area contributed by atoms with E-state index in [-0.39, 0.29) is 18.4 Å². The number of carbonyl (C=O) groups is 2. The van der Waals surface area contributed by atoms with Crippen LogP contribution in [0.3, 0.4) is 0 Å². The Morgan fingerprint density at radius 1 is 0.889 bits per heavy atom. The van der Waals surface area contributed by atoms with Crippen LogP contribution in [0.5, 0.6) is 0 Å². The van der Waals surface area contributed by atoms with Crippen molar-refractivity contribution < 1.29 is 18.7 Å². The fourth-order valence-electron chi connectivity index (χ4n) is 4.09. The molecule has 3 aromatic rings. The quantitative estimate of drug-likeness (QED) is 0.384. The van der Waals surface area contributed by atoms with Gasteiger partial charge in [0.05, 0.1) is 26.0 Å². The van der Waals surface area contributed by atoms with Crippen molar-refractivity contribution in [2.24, 2.45) is 0 Å². The highest BCUT2D eigenvalue weighted by Crippen LogP contribution is 2.21. The Labute approximate surface area is 221 Å². The molecule has 2 aromatic carbocycles. The first-order chi connectivity index (χ1) is 17.5. The molecule has 0 aliphatic carbocycles. The van der Waals surface area contributed by atoms with Crippen LogP contribution in [-0.2, 0) is 22.6 Å². The highest BCUT2D eigenvalue weighted by atomic mass is 35.5. The van der Waals surface area contributed by atoms with Crippen molar-refractivity contribution in [3.05, 3.63) is 93.9 Å². The molecule has 9 heteroatoms. The number of halogens is 2.